The quantitative estimate of drug-likeness (QED) is 0.629. The number of nitro groups is 1. The van der Waals surface area contributed by atoms with Crippen molar-refractivity contribution in [2.24, 2.45) is 0 Å². The summed E-state index contributed by atoms with van der Waals surface area (Å²) in [6, 6.07) is 3.17. The van der Waals surface area contributed by atoms with E-state index in [1.165, 1.54) is 0 Å². The summed E-state index contributed by atoms with van der Waals surface area (Å²) in [7, 11) is 0. The van der Waals surface area contributed by atoms with Crippen molar-refractivity contribution >= 4 is 27.3 Å². The van der Waals surface area contributed by atoms with Crippen LogP contribution in [0.4, 0.5) is 11.4 Å². The van der Waals surface area contributed by atoms with Gasteiger partial charge in [0.15, 0.2) is 0 Å². The van der Waals surface area contributed by atoms with Gasteiger partial charge in [0.25, 0.3) is 5.69 Å². The van der Waals surface area contributed by atoms with Crippen LogP contribution in [-0.4, -0.2) is 18.0 Å². The number of benzene rings is 1. The Morgan fingerprint density at radius 1 is 1.38 bits per heavy atom. The van der Waals surface area contributed by atoms with Crippen molar-refractivity contribution in [3.8, 4) is 0 Å². The maximum atomic E-state index is 10.7. The Bertz CT molecular complexity index is 380. The standard InChI is InChI=1S/C11H15BrN2O2/c1-4-13(5-2)11-8(3)6-9(14(15)16)7-10(11)12/h6-7H,4-5H2,1-3H3. The van der Waals surface area contributed by atoms with Crippen LogP contribution in [0.15, 0.2) is 16.6 Å². The molecule has 0 heterocycles. The van der Waals surface area contributed by atoms with Crippen molar-refractivity contribution in [1.29, 1.82) is 0 Å². The van der Waals surface area contributed by atoms with Crippen LogP contribution in [0.3, 0.4) is 0 Å². The van der Waals surface area contributed by atoms with Gasteiger partial charge in [0.1, 0.15) is 0 Å². The summed E-state index contributed by atoms with van der Waals surface area (Å²) in [6.45, 7) is 7.79. The number of anilines is 1. The number of non-ortho nitro benzene ring substituents is 1. The zero-order chi connectivity index (χ0) is 12.3. The molecular weight excluding hydrogens is 272 g/mol. The summed E-state index contributed by atoms with van der Waals surface area (Å²) < 4.78 is 0.780. The molecule has 0 radical (unpaired) electrons. The van der Waals surface area contributed by atoms with E-state index in [4.69, 9.17) is 0 Å². The first-order valence-corrected chi connectivity index (χ1v) is 6.00. The molecule has 0 spiro atoms. The molecule has 0 saturated carbocycles. The number of rotatable bonds is 4. The fourth-order valence-electron chi connectivity index (χ4n) is 1.76. The Balaban J connectivity index is 3.26. The van der Waals surface area contributed by atoms with Crippen LogP contribution >= 0.6 is 15.9 Å². The number of nitro benzene ring substituents is 1. The average Bonchev–Trinajstić information content (AvgIpc) is 2.22. The first-order chi connectivity index (χ1) is 7.51. The molecule has 0 aliphatic rings. The molecule has 88 valence electrons. The molecular formula is C11H15BrN2O2. The molecule has 16 heavy (non-hydrogen) atoms. The van der Waals surface area contributed by atoms with Crippen molar-refractivity contribution in [2.45, 2.75) is 20.8 Å². The van der Waals surface area contributed by atoms with E-state index < -0.39 is 0 Å². The smallest absolute Gasteiger partial charge is 0.270 e. The van der Waals surface area contributed by atoms with Gasteiger partial charge < -0.3 is 4.90 Å². The third-order valence-electron chi connectivity index (χ3n) is 2.53. The number of hydrogen-bond acceptors (Lipinski definition) is 3. The van der Waals surface area contributed by atoms with Crippen LogP contribution in [0.25, 0.3) is 0 Å². The minimum absolute atomic E-state index is 0.125. The lowest BCUT2D eigenvalue weighted by Crippen LogP contribution is -2.23. The van der Waals surface area contributed by atoms with E-state index in [1.807, 2.05) is 6.92 Å². The van der Waals surface area contributed by atoms with Crippen molar-refractivity contribution < 1.29 is 4.92 Å². The second-order valence-corrected chi connectivity index (χ2v) is 4.38. The first kappa shape index (κ1) is 13.0. The normalized spacial score (nSPS) is 10.2. The van der Waals surface area contributed by atoms with Gasteiger partial charge in [-0.1, -0.05) is 0 Å². The van der Waals surface area contributed by atoms with Gasteiger partial charge in [-0.05, 0) is 42.3 Å². The van der Waals surface area contributed by atoms with E-state index in [0.717, 1.165) is 28.8 Å². The van der Waals surface area contributed by atoms with Gasteiger partial charge in [0, 0.05) is 29.7 Å². The fraction of sp³-hybridized carbons (Fsp3) is 0.455. The van der Waals surface area contributed by atoms with Crippen LogP contribution in [-0.2, 0) is 0 Å². The molecule has 0 aromatic heterocycles. The highest BCUT2D eigenvalue weighted by atomic mass is 79.9. The lowest BCUT2D eigenvalue weighted by molar-refractivity contribution is -0.385. The summed E-state index contributed by atoms with van der Waals surface area (Å²) >= 11 is 3.40. The van der Waals surface area contributed by atoms with Gasteiger partial charge in [-0.25, -0.2) is 0 Å². The van der Waals surface area contributed by atoms with Crippen molar-refractivity contribution in [1.82, 2.24) is 0 Å². The third-order valence-corrected chi connectivity index (χ3v) is 3.13. The number of nitrogens with zero attached hydrogens (tertiary/aromatic N) is 2. The van der Waals surface area contributed by atoms with Gasteiger partial charge in [-0.2, -0.15) is 0 Å². The SMILES string of the molecule is CCN(CC)c1c(C)cc([N+](=O)[O-])cc1Br. The largest absolute Gasteiger partial charge is 0.371 e. The van der Waals surface area contributed by atoms with E-state index in [-0.39, 0.29) is 10.6 Å². The maximum absolute atomic E-state index is 10.7. The Morgan fingerprint density at radius 2 is 1.94 bits per heavy atom. The summed E-state index contributed by atoms with van der Waals surface area (Å²) in [4.78, 5) is 12.5. The Kier molecular flexibility index (Phi) is 4.29. The highest BCUT2D eigenvalue weighted by Gasteiger charge is 2.15. The molecule has 0 amide bonds. The lowest BCUT2D eigenvalue weighted by atomic mass is 10.1. The third kappa shape index (κ3) is 2.52. The lowest BCUT2D eigenvalue weighted by Gasteiger charge is -2.24. The van der Waals surface area contributed by atoms with Gasteiger partial charge in [0.2, 0.25) is 0 Å². The predicted octanol–water partition coefficient (Wildman–Crippen LogP) is 3.51. The van der Waals surface area contributed by atoms with Gasteiger partial charge in [-0.3, -0.25) is 10.1 Å². The topological polar surface area (TPSA) is 46.4 Å². The zero-order valence-electron chi connectivity index (χ0n) is 9.66. The molecule has 1 aromatic rings. The molecule has 0 bridgehead atoms. The molecule has 0 fully saturated rings. The summed E-state index contributed by atoms with van der Waals surface area (Å²) in [5.74, 6) is 0. The highest BCUT2D eigenvalue weighted by Crippen LogP contribution is 2.33. The molecule has 1 rings (SSSR count). The Hall–Kier alpha value is -1.10. The van der Waals surface area contributed by atoms with Gasteiger partial charge >= 0.3 is 0 Å². The Labute approximate surface area is 104 Å². The molecule has 0 atom stereocenters. The Morgan fingerprint density at radius 3 is 2.31 bits per heavy atom. The average molecular weight is 287 g/mol. The number of aryl methyl sites for hydroxylation is 1. The van der Waals surface area contributed by atoms with Gasteiger partial charge in [0.05, 0.1) is 10.6 Å². The second-order valence-electron chi connectivity index (χ2n) is 3.52. The maximum Gasteiger partial charge on any atom is 0.270 e. The first-order valence-electron chi connectivity index (χ1n) is 5.20. The summed E-state index contributed by atoms with van der Waals surface area (Å²) in [5, 5.41) is 10.7. The van der Waals surface area contributed by atoms with E-state index in [1.54, 1.807) is 12.1 Å². The van der Waals surface area contributed by atoms with E-state index in [0.29, 0.717) is 0 Å². The molecule has 4 nitrogen and oxygen atoms in total. The highest BCUT2D eigenvalue weighted by molar-refractivity contribution is 9.10. The second kappa shape index (κ2) is 5.30. The minimum atomic E-state index is -0.371. The number of hydrogen-bond donors (Lipinski definition) is 0. The van der Waals surface area contributed by atoms with Crippen molar-refractivity contribution in [2.75, 3.05) is 18.0 Å². The molecule has 0 saturated heterocycles. The number of halogens is 1. The summed E-state index contributed by atoms with van der Waals surface area (Å²) in [6.07, 6.45) is 0. The monoisotopic (exact) mass is 286 g/mol. The molecule has 5 heteroatoms. The van der Waals surface area contributed by atoms with E-state index >= 15 is 0 Å². The van der Waals surface area contributed by atoms with E-state index in [2.05, 4.69) is 34.7 Å². The molecule has 0 aliphatic heterocycles. The van der Waals surface area contributed by atoms with Crippen LogP contribution in [0.1, 0.15) is 19.4 Å². The fourth-order valence-corrected chi connectivity index (χ4v) is 2.56. The van der Waals surface area contributed by atoms with Crippen LogP contribution in [0, 0.1) is 17.0 Å². The summed E-state index contributed by atoms with van der Waals surface area (Å²) in [5.41, 5.74) is 2.08. The molecule has 0 N–H and O–H groups in total. The van der Waals surface area contributed by atoms with Crippen LogP contribution in [0.2, 0.25) is 0 Å². The minimum Gasteiger partial charge on any atom is -0.371 e. The van der Waals surface area contributed by atoms with Crippen molar-refractivity contribution in [3.05, 3.63) is 32.3 Å². The van der Waals surface area contributed by atoms with Crippen molar-refractivity contribution in [3.63, 3.8) is 0 Å². The van der Waals surface area contributed by atoms with Crippen LogP contribution in [0.5, 0.6) is 0 Å². The predicted molar refractivity (Wildman–Crippen MR) is 69.1 cm³/mol. The molecule has 0 aliphatic carbocycles. The molecule has 1 aromatic carbocycles. The zero-order valence-corrected chi connectivity index (χ0v) is 11.2. The molecule has 0 unspecified atom stereocenters. The van der Waals surface area contributed by atoms with Crippen LogP contribution < -0.4 is 4.90 Å². The van der Waals surface area contributed by atoms with E-state index in [9.17, 15) is 10.1 Å². The van der Waals surface area contributed by atoms with Gasteiger partial charge in [-0.15, -0.1) is 0 Å².